The predicted molar refractivity (Wildman–Crippen MR) is 94.1 cm³/mol. The van der Waals surface area contributed by atoms with Gasteiger partial charge in [-0.15, -0.1) is 0 Å². The summed E-state index contributed by atoms with van der Waals surface area (Å²) in [6, 6.07) is 11.4. The second-order valence-electron chi connectivity index (χ2n) is 6.80. The molecule has 0 unspecified atom stereocenters. The number of aromatic amines is 1. The summed E-state index contributed by atoms with van der Waals surface area (Å²) in [5.41, 5.74) is 2.66. The van der Waals surface area contributed by atoms with Gasteiger partial charge in [-0.25, -0.2) is 0 Å². The molecule has 128 valence electrons. The van der Waals surface area contributed by atoms with Crippen LogP contribution in [-0.2, 0) is 4.79 Å². The minimum absolute atomic E-state index is 0.0404. The molecule has 0 saturated carbocycles. The van der Waals surface area contributed by atoms with Crippen molar-refractivity contribution in [2.75, 3.05) is 24.5 Å². The number of nitrogens with zero attached hydrogens (tertiary/aromatic N) is 4. The Hall–Kier alpha value is -2.65. The number of amides is 1. The number of nitrogens with one attached hydrogen (secondary N) is 1. The molecule has 2 aromatic rings. The van der Waals surface area contributed by atoms with E-state index in [0.29, 0.717) is 11.5 Å². The molecule has 0 spiro atoms. The molecule has 2 aliphatic rings. The Morgan fingerprint density at radius 3 is 2.72 bits per heavy atom. The first kappa shape index (κ1) is 15.9. The summed E-state index contributed by atoms with van der Waals surface area (Å²) in [6.07, 6.45) is 4.89. The maximum Gasteiger partial charge on any atom is 0.244 e. The summed E-state index contributed by atoms with van der Waals surface area (Å²) in [4.78, 5) is 17.1. The maximum atomic E-state index is 13.0. The van der Waals surface area contributed by atoms with Crippen molar-refractivity contribution in [1.29, 1.82) is 5.26 Å². The highest BCUT2D eigenvalue weighted by Crippen LogP contribution is 2.31. The minimum atomic E-state index is -0.0404. The first-order chi connectivity index (χ1) is 12.3. The van der Waals surface area contributed by atoms with Gasteiger partial charge in [0, 0.05) is 36.6 Å². The van der Waals surface area contributed by atoms with Crippen molar-refractivity contribution in [1.82, 2.24) is 15.1 Å². The lowest BCUT2D eigenvalue weighted by molar-refractivity contribution is -0.122. The first-order valence-electron chi connectivity index (χ1n) is 8.81. The van der Waals surface area contributed by atoms with Crippen molar-refractivity contribution in [3.05, 3.63) is 47.8 Å². The van der Waals surface area contributed by atoms with E-state index in [1.54, 1.807) is 18.3 Å². The van der Waals surface area contributed by atoms with Gasteiger partial charge >= 0.3 is 0 Å². The molecule has 1 aromatic carbocycles. The van der Waals surface area contributed by atoms with Gasteiger partial charge in [-0.1, -0.05) is 0 Å². The van der Waals surface area contributed by atoms with Gasteiger partial charge in [0.1, 0.15) is 0 Å². The van der Waals surface area contributed by atoms with Gasteiger partial charge in [-0.3, -0.25) is 14.8 Å². The highest BCUT2D eigenvalue weighted by Gasteiger charge is 2.38. The van der Waals surface area contributed by atoms with Crippen molar-refractivity contribution in [2.45, 2.75) is 31.2 Å². The Balaban J connectivity index is 1.46. The zero-order valence-electron chi connectivity index (χ0n) is 14.1. The number of benzene rings is 1. The van der Waals surface area contributed by atoms with Gasteiger partial charge in [0.15, 0.2) is 0 Å². The molecule has 1 N–H and O–H groups in total. The monoisotopic (exact) mass is 335 g/mol. The lowest BCUT2D eigenvalue weighted by Crippen LogP contribution is -2.46. The third kappa shape index (κ3) is 3.03. The molecule has 1 amide bonds. The van der Waals surface area contributed by atoms with Crippen LogP contribution in [0.3, 0.4) is 0 Å². The van der Waals surface area contributed by atoms with Gasteiger partial charge < -0.3 is 4.90 Å². The fourth-order valence-electron chi connectivity index (χ4n) is 4.01. The normalized spacial score (nSPS) is 24.4. The van der Waals surface area contributed by atoms with Crippen LogP contribution >= 0.6 is 0 Å². The predicted octanol–water partition coefficient (Wildman–Crippen LogP) is 2.27. The van der Waals surface area contributed by atoms with E-state index in [9.17, 15) is 4.79 Å². The number of carbonyl (C=O) groups is 1. The molecule has 2 fully saturated rings. The van der Waals surface area contributed by atoms with E-state index in [1.807, 2.05) is 23.1 Å². The zero-order chi connectivity index (χ0) is 17.2. The Kier molecular flexibility index (Phi) is 4.24. The van der Waals surface area contributed by atoms with E-state index < -0.39 is 0 Å². The number of carbonyl (C=O) groups excluding carboxylic acids is 1. The summed E-state index contributed by atoms with van der Waals surface area (Å²) in [5.74, 6) is 0.600. The molecule has 6 heteroatoms. The largest absolute Gasteiger partial charge is 0.311 e. The number of hydrogen-bond donors (Lipinski definition) is 1. The molecule has 2 aliphatic heterocycles. The third-order valence-electron chi connectivity index (χ3n) is 5.34. The van der Waals surface area contributed by atoms with Crippen molar-refractivity contribution in [2.24, 2.45) is 0 Å². The van der Waals surface area contributed by atoms with Gasteiger partial charge in [0.25, 0.3) is 0 Å². The SMILES string of the molecule is N#Cc1ccc(N2CC[C@@H](N3CCC[C@H](c4ccn[nH]4)C3)C2=O)cc1. The molecule has 6 nitrogen and oxygen atoms in total. The number of hydrogen-bond acceptors (Lipinski definition) is 4. The molecule has 0 aliphatic carbocycles. The average molecular weight is 335 g/mol. The van der Waals surface area contributed by atoms with Crippen LogP contribution in [0.15, 0.2) is 36.5 Å². The van der Waals surface area contributed by atoms with E-state index >= 15 is 0 Å². The van der Waals surface area contributed by atoms with Crippen LogP contribution in [-0.4, -0.2) is 46.7 Å². The summed E-state index contributed by atoms with van der Waals surface area (Å²) < 4.78 is 0. The Morgan fingerprint density at radius 2 is 2.00 bits per heavy atom. The van der Waals surface area contributed by atoms with E-state index in [1.165, 1.54) is 5.69 Å². The first-order valence-corrected chi connectivity index (χ1v) is 8.81. The van der Waals surface area contributed by atoms with Crippen LogP contribution in [0.4, 0.5) is 5.69 Å². The van der Waals surface area contributed by atoms with E-state index in [-0.39, 0.29) is 11.9 Å². The summed E-state index contributed by atoms with van der Waals surface area (Å²) in [7, 11) is 0. The fraction of sp³-hybridized carbons (Fsp3) is 0.421. The molecule has 4 rings (SSSR count). The summed E-state index contributed by atoms with van der Waals surface area (Å²) in [5, 5.41) is 16.1. The number of aromatic nitrogens is 2. The maximum absolute atomic E-state index is 13.0. The second kappa shape index (κ2) is 6.69. The average Bonchev–Trinajstić information content (AvgIpc) is 3.32. The van der Waals surface area contributed by atoms with Crippen LogP contribution in [0.1, 0.15) is 36.4 Å². The van der Waals surface area contributed by atoms with E-state index in [2.05, 4.69) is 21.2 Å². The molecule has 2 saturated heterocycles. The van der Waals surface area contributed by atoms with Gasteiger partial charge in [0.05, 0.1) is 17.7 Å². The quantitative estimate of drug-likeness (QED) is 0.933. The van der Waals surface area contributed by atoms with Crippen LogP contribution in [0.25, 0.3) is 0 Å². The summed E-state index contributed by atoms with van der Waals surface area (Å²) >= 11 is 0. The number of anilines is 1. The number of H-pyrrole nitrogens is 1. The Bertz CT molecular complexity index is 777. The highest BCUT2D eigenvalue weighted by molar-refractivity contribution is 5.99. The molecular weight excluding hydrogens is 314 g/mol. The standard InChI is InChI=1S/C19H21N5O/c20-12-14-3-5-16(6-4-14)24-11-8-18(19(24)25)23-10-1-2-15(13-23)17-7-9-21-22-17/h3-7,9,15,18H,1-2,8,10-11,13H2,(H,21,22)/t15-,18+/m0/s1. The van der Waals surface area contributed by atoms with Crippen molar-refractivity contribution >= 4 is 11.6 Å². The number of piperidine rings is 1. The van der Waals surface area contributed by atoms with Gasteiger partial charge in [0.2, 0.25) is 5.91 Å². The number of nitriles is 1. The topological polar surface area (TPSA) is 76.0 Å². The van der Waals surface area contributed by atoms with Crippen molar-refractivity contribution < 1.29 is 4.79 Å². The molecule has 25 heavy (non-hydrogen) atoms. The highest BCUT2D eigenvalue weighted by atomic mass is 16.2. The fourth-order valence-corrected chi connectivity index (χ4v) is 4.01. The smallest absolute Gasteiger partial charge is 0.244 e. The Morgan fingerprint density at radius 1 is 1.16 bits per heavy atom. The lowest BCUT2D eigenvalue weighted by Gasteiger charge is -2.35. The van der Waals surface area contributed by atoms with Gasteiger partial charge in [-0.05, 0) is 56.1 Å². The van der Waals surface area contributed by atoms with Crippen molar-refractivity contribution in [3.8, 4) is 6.07 Å². The third-order valence-corrected chi connectivity index (χ3v) is 5.34. The second-order valence-corrected chi connectivity index (χ2v) is 6.80. The zero-order valence-corrected chi connectivity index (χ0v) is 14.1. The van der Waals surface area contributed by atoms with Crippen LogP contribution in [0.5, 0.6) is 0 Å². The molecule has 2 atom stereocenters. The summed E-state index contributed by atoms with van der Waals surface area (Å²) in [6.45, 7) is 2.61. The van der Waals surface area contributed by atoms with E-state index in [0.717, 1.165) is 44.6 Å². The lowest BCUT2D eigenvalue weighted by atomic mass is 9.93. The molecule has 3 heterocycles. The van der Waals surface area contributed by atoms with Crippen LogP contribution in [0.2, 0.25) is 0 Å². The van der Waals surface area contributed by atoms with E-state index in [4.69, 9.17) is 5.26 Å². The minimum Gasteiger partial charge on any atom is -0.311 e. The molecular formula is C19H21N5O. The molecule has 0 bridgehead atoms. The van der Waals surface area contributed by atoms with Gasteiger partial charge in [-0.2, -0.15) is 10.4 Å². The van der Waals surface area contributed by atoms with Crippen LogP contribution < -0.4 is 4.90 Å². The Labute approximate surface area is 147 Å². The number of likely N-dealkylation sites (tertiary alicyclic amines) is 1. The molecule has 0 radical (unpaired) electrons. The number of rotatable bonds is 3. The van der Waals surface area contributed by atoms with Crippen LogP contribution in [0, 0.1) is 11.3 Å². The van der Waals surface area contributed by atoms with Crippen molar-refractivity contribution in [3.63, 3.8) is 0 Å². The molecule has 1 aromatic heterocycles.